The van der Waals surface area contributed by atoms with Crippen molar-refractivity contribution in [3.8, 4) is 0 Å². The van der Waals surface area contributed by atoms with Crippen molar-refractivity contribution in [2.45, 2.75) is 46.7 Å². The third kappa shape index (κ3) is 3.08. The van der Waals surface area contributed by atoms with Gasteiger partial charge in [0.2, 0.25) is 5.91 Å². The zero-order valence-electron chi connectivity index (χ0n) is 9.71. The van der Waals surface area contributed by atoms with Gasteiger partial charge in [-0.3, -0.25) is 9.48 Å². The first-order valence-corrected chi connectivity index (χ1v) is 5.47. The highest BCUT2D eigenvalue weighted by atomic mass is 16.1. The summed E-state index contributed by atoms with van der Waals surface area (Å²) < 4.78 is 1.93. The van der Waals surface area contributed by atoms with E-state index in [2.05, 4.69) is 17.3 Å². The molecular formula is C11H19N3O. The number of rotatable bonds is 5. The Bertz CT molecular complexity index is 331. The van der Waals surface area contributed by atoms with E-state index in [-0.39, 0.29) is 5.91 Å². The minimum atomic E-state index is 0.112. The van der Waals surface area contributed by atoms with Crippen molar-refractivity contribution in [1.82, 2.24) is 15.1 Å². The Hall–Kier alpha value is -1.32. The van der Waals surface area contributed by atoms with E-state index in [1.165, 1.54) is 0 Å². The molecule has 0 fully saturated rings. The Labute approximate surface area is 90.7 Å². The van der Waals surface area contributed by atoms with Gasteiger partial charge < -0.3 is 5.32 Å². The van der Waals surface area contributed by atoms with Gasteiger partial charge in [0.25, 0.3) is 0 Å². The average Bonchev–Trinajstić information content (AvgIpc) is 2.57. The quantitative estimate of drug-likeness (QED) is 0.801. The van der Waals surface area contributed by atoms with Crippen molar-refractivity contribution in [3.05, 3.63) is 17.5 Å². The topological polar surface area (TPSA) is 46.9 Å². The minimum absolute atomic E-state index is 0.112. The third-order valence-corrected chi connectivity index (χ3v) is 2.46. The number of nitrogens with one attached hydrogen (secondary N) is 1. The van der Waals surface area contributed by atoms with Crippen LogP contribution in [-0.4, -0.2) is 15.7 Å². The summed E-state index contributed by atoms with van der Waals surface area (Å²) in [4.78, 5) is 11.3. The number of aryl methyl sites for hydroxylation is 1. The van der Waals surface area contributed by atoms with Crippen LogP contribution in [0.4, 0.5) is 0 Å². The molecule has 0 aliphatic heterocycles. The lowest BCUT2D eigenvalue weighted by atomic mass is 10.2. The maximum Gasteiger partial charge on any atom is 0.220 e. The van der Waals surface area contributed by atoms with Crippen LogP contribution in [0.3, 0.4) is 0 Å². The lowest BCUT2D eigenvalue weighted by Gasteiger charge is -2.04. The molecule has 0 aliphatic rings. The van der Waals surface area contributed by atoms with E-state index in [0.29, 0.717) is 13.0 Å². The minimum Gasteiger partial charge on any atom is -0.352 e. The maximum absolute atomic E-state index is 11.3. The molecular weight excluding hydrogens is 190 g/mol. The predicted octanol–water partition coefficient (Wildman–Crippen LogP) is 1.63. The van der Waals surface area contributed by atoms with Gasteiger partial charge in [-0.05, 0) is 20.3 Å². The highest BCUT2D eigenvalue weighted by Crippen LogP contribution is 2.06. The van der Waals surface area contributed by atoms with E-state index in [1.54, 1.807) is 0 Å². The Balaban J connectivity index is 2.50. The Morgan fingerprint density at radius 2 is 2.27 bits per heavy atom. The number of hydrogen-bond donors (Lipinski definition) is 1. The SMILES string of the molecule is CCCC(=O)NCc1cnn(CC)c1C. The standard InChI is InChI=1S/C11H19N3O/c1-4-6-11(15)12-7-10-8-13-14(5-2)9(10)3/h8H,4-7H2,1-3H3,(H,12,15). The summed E-state index contributed by atoms with van der Waals surface area (Å²) in [6, 6.07) is 0. The molecule has 1 N–H and O–H groups in total. The molecule has 0 aliphatic carbocycles. The second-order valence-electron chi connectivity index (χ2n) is 3.60. The van der Waals surface area contributed by atoms with E-state index in [9.17, 15) is 4.79 Å². The van der Waals surface area contributed by atoms with Gasteiger partial charge in [-0.1, -0.05) is 6.92 Å². The zero-order valence-corrected chi connectivity index (χ0v) is 9.71. The zero-order chi connectivity index (χ0) is 11.3. The van der Waals surface area contributed by atoms with Crippen molar-refractivity contribution in [2.75, 3.05) is 0 Å². The molecule has 1 aromatic heterocycles. The smallest absolute Gasteiger partial charge is 0.220 e. The van der Waals surface area contributed by atoms with Crippen molar-refractivity contribution >= 4 is 5.91 Å². The fraction of sp³-hybridized carbons (Fsp3) is 0.636. The first-order chi connectivity index (χ1) is 7.19. The summed E-state index contributed by atoms with van der Waals surface area (Å²) >= 11 is 0. The lowest BCUT2D eigenvalue weighted by molar-refractivity contribution is -0.121. The van der Waals surface area contributed by atoms with Crippen molar-refractivity contribution < 1.29 is 4.79 Å². The largest absolute Gasteiger partial charge is 0.352 e. The van der Waals surface area contributed by atoms with Gasteiger partial charge in [0, 0.05) is 30.8 Å². The molecule has 4 nitrogen and oxygen atoms in total. The second-order valence-corrected chi connectivity index (χ2v) is 3.60. The summed E-state index contributed by atoms with van der Waals surface area (Å²) in [6.45, 7) is 7.54. The molecule has 0 aromatic carbocycles. The van der Waals surface area contributed by atoms with Crippen LogP contribution in [0.1, 0.15) is 37.9 Å². The van der Waals surface area contributed by atoms with E-state index in [4.69, 9.17) is 0 Å². The van der Waals surface area contributed by atoms with Crippen LogP contribution in [0, 0.1) is 6.92 Å². The first kappa shape index (κ1) is 11.8. The Morgan fingerprint density at radius 1 is 1.53 bits per heavy atom. The summed E-state index contributed by atoms with van der Waals surface area (Å²) in [5.74, 6) is 0.112. The number of nitrogens with zero attached hydrogens (tertiary/aromatic N) is 2. The van der Waals surface area contributed by atoms with Gasteiger partial charge >= 0.3 is 0 Å². The number of hydrogen-bond acceptors (Lipinski definition) is 2. The number of carbonyl (C=O) groups excluding carboxylic acids is 1. The van der Waals surface area contributed by atoms with Gasteiger partial charge in [0.05, 0.1) is 6.20 Å². The first-order valence-electron chi connectivity index (χ1n) is 5.47. The van der Waals surface area contributed by atoms with Crippen molar-refractivity contribution in [3.63, 3.8) is 0 Å². The van der Waals surface area contributed by atoms with Gasteiger partial charge in [0.1, 0.15) is 0 Å². The van der Waals surface area contributed by atoms with E-state index in [0.717, 1.165) is 24.2 Å². The molecule has 0 saturated carbocycles. The number of carbonyl (C=O) groups is 1. The summed E-state index contributed by atoms with van der Waals surface area (Å²) in [5.41, 5.74) is 2.23. The average molecular weight is 209 g/mol. The molecule has 0 bridgehead atoms. The highest BCUT2D eigenvalue weighted by molar-refractivity contribution is 5.75. The van der Waals surface area contributed by atoms with E-state index >= 15 is 0 Å². The van der Waals surface area contributed by atoms with Gasteiger partial charge in [-0.15, -0.1) is 0 Å². The summed E-state index contributed by atoms with van der Waals surface area (Å²) in [7, 11) is 0. The molecule has 1 aromatic rings. The molecule has 0 spiro atoms. The Kier molecular flexibility index (Phi) is 4.34. The molecule has 1 amide bonds. The molecule has 1 heterocycles. The monoisotopic (exact) mass is 209 g/mol. The number of amides is 1. The molecule has 4 heteroatoms. The van der Waals surface area contributed by atoms with Gasteiger partial charge in [0.15, 0.2) is 0 Å². The fourth-order valence-electron chi connectivity index (χ4n) is 1.49. The third-order valence-electron chi connectivity index (χ3n) is 2.46. The normalized spacial score (nSPS) is 10.3. The van der Waals surface area contributed by atoms with Crippen LogP contribution in [0.5, 0.6) is 0 Å². The van der Waals surface area contributed by atoms with Crippen LogP contribution in [0.2, 0.25) is 0 Å². The van der Waals surface area contributed by atoms with Gasteiger partial charge in [-0.25, -0.2) is 0 Å². The fourth-order valence-corrected chi connectivity index (χ4v) is 1.49. The maximum atomic E-state index is 11.3. The van der Waals surface area contributed by atoms with Crippen LogP contribution >= 0.6 is 0 Å². The Morgan fingerprint density at radius 3 is 2.80 bits per heavy atom. The molecule has 15 heavy (non-hydrogen) atoms. The molecule has 0 radical (unpaired) electrons. The molecule has 84 valence electrons. The summed E-state index contributed by atoms with van der Waals surface area (Å²) in [6.07, 6.45) is 3.31. The van der Waals surface area contributed by atoms with Crippen molar-refractivity contribution in [2.24, 2.45) is 0 Å². The van der Waals surface area contributed by atoms with Gasteiger partial charge in [-0.2, -0.15) is 5.10 Å². The second kappa shape index (κ2) is 5.53. The number of aromatic nitrogens is 2. The molecule has 1 rings (SSSR count). The van der Waals surface area contributed by atoms with Crippen LogP contribution in [0.15, 0.2) is 6.20 Å². The van der Waals surface area contributed by atoms with E-state index in [1.807, 2.05) is 24.7 Å². The molecule has 0 unspecified atom stereocenters. The lowest BCUT2D eigenvalue weighted by Crippen LogP contribution is -2.22. The van der Waals surface area contributed by atoms with Crippen LogP contribution < -0.4 is 5.32 Å². The predicted molar refractivity (Wildman–Crippen MR) is 59.4 cm³/mol. The molecule has 0 atom stereocenters. The van der Waals surface area contributed by atoms with Crippen molar-refractivity contribution in [1.29, 1.82) is 0 Å². The van der Waals surface area contributed by atoms with E-state index < -0.39 is 0 Å². The summed E-state index contributed by atoms with van der Waals surface area (Å²) in [5, 5.41) is 7.11. The van der Waals surface area contributed by atoms with Crippen LogP contribution in [-0.2, 0) is 17.9 Å². The van der Waals surface area contributed by atoms with Crippen LogP contribution in [0.25, 0.3) is 0 Å². The molecule has 0 saturated heterocycles. The highest BCUT2D eigenvalue weighted by Gasteiger charge is 2.06.